The minimum Gasteiger partial charge on any atom is -0.462 e. The van der Waals surface area contributed by atoms with Gasteiger partial charge in [-0.15, -0.1) is 0 Å². The Kier molecular flexibility index (Phi) is 4.30. The summed E-state index contributed by atoms with van der Waals surface area (Å²) >= 11 is 6.45. The Morgan fingerprint density at radius 3 is 2.40 bits per heavy atom. The summed E-state index contributed by atoms with van der Waals surface area (Å²) in [4.78, 5) is 11.5. The van der Waals surface area contributed by atoms with Gasteiger partial charge in [0.1, 0.15) is 0 Å². The van der Waals surface area contributed by atoms with Gasteiger partial charge in [0.25, 0.3) is 0 Å². The normalized spacial score (nSPS) is 9.47. The fraction of sp³-hybridized carbons (Fsp3) is 0.200. The maximum atomic E-state index is 11.5. The molecule has 0 aliphatic heterocycles. The van der Waals surface area contributed by atoms with Crippen LogP contribution in [0.1, 0.15) is 22.8 Å². The highest BCUT2D eigenvalue weighted by Crippen LogP contribution is 2.27. The average Bonchev–Trinajstić information content (AvgIpc) is 2.16. The van der Waals surface area contributed by atoms with E-state index in [4.69, 9.17) is 10.00 Å². The summed E-state index contributed by atoms with van der Waals surface area (Å²) in [6, 6.07) is 5.16. The van der Waals surface area contributed by atoms with Crippen LogP contribution in [-0.4, -0.2) is 12.6 Å². The summed E-state index contributed by atoms with van der Waals surface area (Å²) in [6.45, 7) is 2.06. The Morgan fingerprint density at radius 1 is 1.47 bits per heavy atom. The van der Waals surface area contributed by atoms with Gasteiger partial charge < -0.3 is 4.74 Å². The van der Waals surface area contributed by atoms with Crippen LogP contribution in [0.15, 0.2) is 21.1 Å². The Hall–Kier alpha value is -0.860. The van der Waals surface area contributed by atoms with Gasteiger partial charge in [-0.25, -0.2) is 4.79 Å². The fourth-order valence-electron chi connectivity index (χ4n) is 1.04. The third-order valence-corrected chi connectivity index (χ3v) is 2.90. The van der Waals surface area contributed by atoms with Crippen molar-refractivity contribution in [3.8, 4) is 6.07 Å². The number of halogens is 2. The summed E-state index contributed by atoms with van der Waals surface area (Å²) in [6.07, 6.45) is 0. The van der Waals surface area contributed by atoms with Gasteiger partial charge in [0.2, 0.25) is 0 Å². The molecule has 0 saturated heterocycles. The third kappa shape index (κ3) is 2.80. The van der Waals surface area contributed by atoms with Gasteiger partial charge in [-0.3, -0.25) is 0 Å². The van der Waals surface area contributed by atoms with Gasteiger partial charge in [-0.05, 0) is 50.9 Å². The van der Waals surface area contributed by atoms with Crippen LogP contribution in [0, 0.1) is 11.3 Å². The van der Waals surface area contributed by atoms with Crippen molar-refractivity contribution < 1.29 is 9.53 Å². The highest BCUT2D eigenvalue weighted by Gasteiger charge is 2.16. The van der Waals surface area contributed by atoms with E-state index in [2.05, 4.69) is 31.9 Å². The molecule has 1 rings (SSSR count). The van der Waals surface area contributed by atoms with Crippen LogP contribution in [0.5, 0.6) is 0 Å². The molecule has 0 spiro atoms. The van der Waals surface area contributed by atoms with Crippen molar-refractivity contribution in [1.29, 1.82) is 5.26 Å². The van der Waals surface area contributed by atoms with E-state index in [-0.39, 0.29) is 0 Å². The first-order valence-electron chi connectivity index (χ1n) is 4.16. The number of ether oxygens (including phenoxy) is 1. The number of carbonyl (C=O) groups excluding carboxylic acids is 1. The molecule has 0 heterocycles. The van der Waals surface area contributed by atoms with Crippen LogP contribution in [0.25, 0.3) is 0 Å². The van der Waals surface area contributed by atoms with Crippen molar-refractivity contribution in [2.45, 2.75) is 6.92 Å². The Balaban J connectivity index is 3.21. The molecule has 5 heteroatoms. The van der Waals surface area contributed by atoms with E-state index < -0.39 is 5.97 Å². The summed E-state index contributed by atoms with van der Waals surface area (Å²) in [5, 5.41) is 8.71. The standard InChI is InChI=1S/C10H7Br2NO2/c1-2-15-10(14)9-7(11)3-6(5-13)4-8(9)12/h3-4H,2H2,1H3. The lowest BCUT2D eigenvalue weighted by Crippen LogP contribution is -2.06. The van der Waals surface area contributed by atoms with Crippen molar-refractivity contribution in [3.63, 3.8) is 0 Å². The molecule has 0 N–H and O–H groups in total. The van der Waals surface area contributed by atoms with Crippen LogP contribution >= 0.6 is 31.9 Å². The zero-order valence-corrected chi connectivity index (χ0v) is 11.1. The monoisotopic (exact) mass is 331 g/mol. The molecule has 0 atom stereocenters. The lowest BCUT2D eigenvalue weighted by atomic mass is 10.1. The molecule has 0 aromatic heterocycles. The van der Waals surface area contributed by atoms with E-state index in [1.165, 1.54) is 0 Å². The minimum atomic E-state index is -0.416. The Bertz CT molecular complexity index is 415. The molecule has 0 aliphatic rings. The van der Waals surface area contributed by atoms with Crippen molar-refractivity contribution in [2.24, 2.45) is 0 Å². The summed E-state index contributed by atoms with van der Waals surface area (Å²) in [7, 11) is 0. The predicted octanol–water partition coefficient (Wildman–Crippen LogP) is 3.26. The maximum Gasteiger partial charge on any atom is 0.340 e. The first-order chi connectivity index (χ1) is 7.10. The number of hydrogen-bond donors (Lipinski definition) is 0. The molecule has 0 aliphatic carbocycles. The second-order valence-electron chi connectivity index (χ2n) is 2.65. The van der Waals surface area contributed by atoms with Crippen molar-refractivity contribution >= 4 is 37.8 Å². The summed E-state index contributed by atoms with van der Waals surface area (Å²) in [5.74, 6) is -0.416. The topological polar surface area (TPSA) is 50.1 Å². The lowest BCUT2D eigenvalue weighted by molar-refractivity contribution is 0.0524. The molecule has 0 saturated carbocycles. The van der Waals surface area contributed by atoms with Crippen molar-refractivity contribution in [1.82, 2.24) is 0 Å². The van der Waals surface area contributed by atoms with E-state index in [1.54, 1.807) is 19.1 Å². The van der Waals surface area contributed by atoms with Gasteiger partial charge >= 0.3 is 5.97 Å². The number of nitrogens with zero attached hydrogens (tertiary/aromatic N) is 1. The number of rotatable bonds is 2. The van der Waals surface area contributed by atoms with Crippen LogP contribution in [-0.2, 0) is 4.74 Å². The zero-order chi connectivity index (χ0) is 11.4. The first kappa shape index (κ1) is 12.2. The first-order valence-corrected chi connectivity index (χ1v) is 5.75. The van der Waals surface area contributed by atoms with Gasteiger partial charge in [-0.1, -0.05) is 0 Å². The highest BCUT2D eigenvalue weighted by molar-refractivity contribution is 9.11. The quantitative estimate of drug-likeness (QED) is 0.781. The Labute approximate surface area is 104 Å². The predicted molar refractivity (Wildman–Crippen MR) is 62.5 cm³/mol. The van der Waals surface area contributed by atoms with E-state index in [9.17, 15) is 4.79 Å². The molecule has 0 bridgehead atoms. The SMILES string of the molecule is CCOC(=O)c1c(Br)cc(C#N)cc1Br. The summed E-state index contributed by atoms with van der Waals surface area (Å²) in [5.41, 5.74) is 0.873. The van der Waals surface area contributed by atoms with E-state index in [0.717, 1.165) is 0 Å². The molecule has 1 aromatic rings. The van der Waals surface area contributed by atoms with Crippen molar-refractivity contribution in [2.75, 3.05) is 6.61 Å². The molecule has 3 nitrogen and oxygen atoms in total. The maximum absolute atomic E-state index is 11.5. The molecule has 78 valence electrons. The highest BCUT2D eigenvalue weighted by atomic mass is 79.9. The van der Waals surface area contributed by atoms with Crippen LogP contribution in [0.2, 0.25) is 0 Å². The molecule has 0 radical (unpaired) electrons. The molecule has 1 aromatic carbocycles. The second-order valence-corrected chi connectivity index (χ2v) is 4.36. The zero-order valence-electron chi connectivity index (χ0n) is 7.88. The number of carbonyl (C=O) groups is 1. The number of hydrogen-bond acceptors (Lipinski definition) is 3. The smallest absolute Gasteiger partial charge is 0.340 e. The van der Waals surface area contributed by atoms with Gasteiger partial charge in [0.05, 0.1) is 23.8 Å². The molecular weight excluding hydrogens is 326 g/mol. The number of benzene rings is 1. The number of nitriles is 1. The van der Waals surface area contributed by atoms with Crippen LogP contribution < -0.4 is 0 Å². The molecular formula is C10H7Br2NO2. The molecule has 0 fully saturated rings. The number of esters is 1. The molecule has 0 unspecified atom stereocenters. The van der Waals surface area contributed by atoms with Crippen LogP contribution in [0.4, 0.5) is 0 Å². The lowest BCUT2D eigenvalue weighted by Gasteiger charge is -2.06. The van der Waals surface area contributed by atoms with E-state index in [0.29, 0.717) is 26.7 Å². The average molecular weight is 333 g/mol. The summed E-state index contributed by atoms with van der Waals surface area (Å²) < 4.78 is 5.98. The fourth-order valence-corrected chi connectivity index (χ4v) is 2.55. The van der Waals surface area contributed by atoms with Crippen molar-refractivity contribution in [3.05, 3.63) is 32.2 Å². The van der Waals surface area contributed by atoms with Gasteiger partial charge in [0, 0.05) is 8.95 Å². The van der Waals surface area contributed by atoms with Crippen LogP contribution in [0.3, 0.4) is 0 Å². The van der Waals surface area contributed by atoms with E-state index >= 15 is 0 Å². The van der Waals surface area contributed by atoms with Gasteiger partial charge in [0.15, 0.2) is 0 Å². The largest absolute Gasteiger partial charge is 0.462 e. The third-order valence-electron chi connectivity index (χ3n) is 1.65. The Morgan fingerprint density at radius 2 is 2.00 bits per heavy atom. The minimum absolute atomic E-state index is 0.317. The van der Waals surface area contributed by atoms with E-state index in [1.807, 2.05) is 6.07 Å². The molecule has 0 amide bonds. The van der Waals surface area contributed by atoms with Gasteiger partial charge in [-0.2, -0.15) is 5.26 Å². The second kappa shape index (κ2) is 5.29. The molecule has 15 heavy (non-hydrogen) atoms.